The number of thiophene rings is 2. The van der Waals surface area contributed by atoms with Crippen molar-refractivity contribution < 1.29 is 4.79 Å². The van der Waals surface area contributed by atoms with E-state index < -0.39 is 0 Å². The Morgan fingerprint density at radius 1 is 1.13 bits per heavy atom. The standard InChI is InChI=1S/C18H22N2OS2/c21-18(12-16-2-1-10-22-16)19-7-3-15(4-8-19)20-9-5-17-14(13-20)6-11-23-17/h1-2,6,10-11,15H,3-5,7-9,12-13H2. The molecule has 2 aromatic heterocycles. The molecule has 4 heterocycles. The van der Waals surface area contributed by atoms with Crippen LogP contribution < -0.4 is 0 Å². The molecule has 2 aliphatic heterocycles. The van der Waals surface area contributed by atoms with E-state index in [0.717, 1.165) is 32.5 Å². The molecule has 1 saturated heterocycles. The maximum Gasteiger partial charge on any atom is 0.227 e. The predicted octanol–water partition coefficient (Wildman–Crippen LogP) is 3.40. The van der Waals surface area contributed by atoms with Gasteiger partial charge in [0, 0.05) is 42.0 Å². The number of piperidine rings is 1. The van der Waals surface area contributed by atoms with E-state index in [1.54, 1.807) is 16.2 Å². The third-order valence-corrected chi connectivity index (χ3v) is 6.98. The van der Waals surface area contributed by atoms with E-state index >= 15 is 0 Å². The first-order valence-corrected chi connectivity index (χ1v) is 10.1. The fourth-order valence-corrected chi connectivity index (χ4v) is 5.32. The van der Waals surface area contributed by atoms with Gasteiger partial charge in [0.1, 0.15) is 0 Å². The third kappa shape index (κ3) is 3.37. The number of carbonyl (C=O) groups excluding carboxylic acids is 1. The van der Waals surface area contributed by atoms with E-state index in [9.17, 15) is 4.79 Å². The number of likely N-dealkylation sites (tertiary alicyclic amines) is 1. The summed E-state index contributed by atoms with van der Waals surface area (Å²) in [6.07, 6.45) is 4.01. The van der Waals surface area contributed by atoms with E-state index in [2.05, 4.69) is 27.3 Å². The van der Waals surface area contributed by atoms with Gasteiger partial charge in [0.05, 0.1) is 6.42 Å². The summed E-state index contributed by atoms with van der Waals surface area (Å²) in [7, 11) is 0. The lowest BCUT2D eigenvalue weighted by Crippen LogP contribution is -2.48. The number of fused-ring (bicyclic) bond motifs is 1. The Labute approximate surface area is 145 Å². The zero-order valence-corrected chi connectivity index (χ0v) is 14.9. The van der Waals surface area contributed by atoms with E-state index in [1.165, 1.54) is 23.4 Å². The van der Waals surface area contributed by atoms with Crippen LogP contribution in [0.4, 0.5) is 0 Å². The molecule has 0 spiro atoms. The van der Waals surface area contributed by atoms with Gasteiger partial charge in [-0.05, 0) is 47.7 Å². The molecule has 2 aromatic rings. The highest BCUT2D eigenvalue weighted by Crippen LogP contribution is 2.28. The largest absolute Gasteiger partial charge is 0.342 e. The van der Waals surface area contributed by atoms with E-state index in [-0.39, 0.29) is 0 Å². The Hall–Kier alpha value is -1.17. The fraction of sp³-hybridized carbons (Fsp3) is 0.500. The Bertz CT molecular complexity index is 656. The SMILES string of the molecule is O=C(Cc1cccs1)N1CCC(N2CCc3sccc3C2)CC1. The number of rotatable bonds is 3. The molecular formula is C18H22N2OS2. The minimum atomic E-state index is 0.296. The highest BCUT2D eigenvalue weighted by atomic mass is 32.1. The first-order chi connectivity index (χ1) is 11.3. The summed E-state index contributed by atoms with van der Waals surface area (Å²) >= 11 is 3.58. The molecule has 23 heavy (non-hydrogen) atoms. The summed E-state index contributed by atoms with van der Waals surface area (Å²) in [5.74, 6) is 0.296. The monoisotopic (exact) mass is 346 g/mol. The van der Waals surface area contributed by atoms with Crippen molar-refractivity contribution in [1.29, 1.82) is 0 Å². The number of hydrogen-bond acceptors (Lipinski definition) is 4. The minimum absolute atomic E-state index is 0.296. The van der Waals surface area contributed by atoms with Gasteiger partial charge in [0.15, 0.2) is 0 Å². The highest BCUT2D eigenvalue weighted by molar-refractivity contribution is 7.10. The maximum atomic E-state index is 12.4. The molecule has 122 valence electrons. The first-order valence-electron chi connectivity index (χ1n) is 8.39. The second-order valence-corrected chi connectivity index (χ2v) is 8.49. The molecular weight excluding hydrogens is 324 g/mol. The lowest BCUT2D eigenvalue weighted by atomic mass is 9.99. The van der Waals surface area contributed by atoms with Crippen LogP contribution in [0.5, 0.6) is 0 Å². The van der Waals surface area contributed by atoms with Gasteiger partial charge in [0.25, 0.3) is 0 Å². The smallest absolute Gasteiger partial charge is 0.227 e. The number of hydrogen-bond donors (Lipinski definition) is 0. The first kappa shape index (κ1) is 15.4. The summed E-state index contributed by atoms with van der Waals surface area (Å²) < 4.78 is 0. The Morgan fingerprint density at radius 3 is 2.78 bits per heavy atom. The molecule has 0 unspecified atom stereocenters. The molecule has 0 aromatic carbocycles. The number of amides is 1. The van der Waals surface area contributed by atoms with Crippen molar-refractivity contribution >= 4 is 28.6 Å². The van der Waals surface area contributed by atoms with Gasteiger partial charge < -0.3 is 4.90 Å². The Morgan fingerprint density at radius 2 is 2.00 bits per heavy atom. The molecule has 0 saturated carbocycles. The van der Waals surface area contributed by atoms with E-state index in [4.69, 9.17) is 0 Å². The van der Waals surface area contributed by atoms with Crippen LogP contribution in [0.25, 0.3) is 0 Å². The summed E-state index contributed by atoms with van der Waals surface area (Å²) in [6, 6.07) is 7.01. The second-order valence-electron chi connectivity index (χ2n) is 6.46. The van der Waals surface area contributed by atoms with Gasteiger partial charge in [-0.15, -0.1) is 22.7 Å². The van der Waals surface area contributed by atoms with Crippen molar-refractivity contribution in [3.8, 4) is 0 Å². The van der Waals surface area contributed by atoms with Crippen LogP contribution in [-0.2, 0) is 24.2 Å². The summed E-state index contributed by atoms with van der Waals surface area (Å²) in [5, 5.41) is 4.27. The molecule has 0 aliphatic carbocycles. The lowest BCUT2D eigenvalue weighted by Gasteiger charge is -2.40. The van der Waals surface area contributed by atoms with Gasteiger partial charge in [-0.25, -0.2) is 0 Å². The topological polar surface area (TPSA) is 23.6 Å². The van der Waals surface area contributed by atoms with Crippen LogP contribution >= 0.6 is 22.7 Å². The number of nitrogens with zero attached hydrogens (tertiary/aromatic N) is 2. The van der Waals surface area contributed by atoms with Crippen molar-refractivity contribution in [3.63, 3.8) is 0 Å². The van der Waals surface area contributed by atoms with E-state index in [1.807, 2.05) is 22.8 Å². The van der Waals surface area contributed by atoms with Gasteiger partial charge in [-0.1, -0.05) is 6.07 Å². The fourth-order valence-electron chi connectivity index (χ4n) is 3.74. The number of carbonyl (C=O) groups is 1. The zero-order chi connectivity index (χ0) is 15.6. The minimum Gasteiger partial charge on any atom is -0.342 e. The van der Waals surface area contributed by atoms with Crippen molar-refractivity contribution in [2.24, 2.45) is 0 Å². The molecule has 4 rings (SSSR count). The average Bonchev–Trinajstić information content (AvgIpc) is 3.25. The zero-order valence-electron chi connectivity index (χ0n) is 13.2. The normalized spacial score (nSPS) is 19.7. The van der Waals surface area contributed by atoms with E-state index in [0.29, 0.717) is 18.4 Å². The van der Waals surface area contributed by atoms with Crippen molar-refractivity contribution in [3.05, 3.63) is 44.3 Å². The van der Waals surface area contributed by atoms with Crippen LogP contribution in [0.3, 0.4) is 0 Å². The quantitative estimate of drug-likeness (QED) is 0.850. The summed E-state index contributed by atoms with van der Waals surface area (Å²) in [4.78, 5) is 19.9. The molecule has 0 bridgehead atoms. The van der Waals surface area contributed by atoms with Crippen LogP contribution in [0.15, 0.2) is 29.0 Å². The Kier molecular flexibility index (Phi) is 4.51. The van der Waals surface area contributed by atoms with Crippen molar-refractivity contribution in [1.82, 2.24) is 9.80 Å². The molecule has 5 heteroatoms. The van der Waals surface area contributed by atoms with Crippen LogP contribution in [0.1, 0.15) is 28.2 Å². The van der Waals surface area contributed by atoms with Crippen LogP contribution in [0, 0.1) is 0 Å². The van der Waals surface area contributed by atoms with Crippen LogP contribution in [0.2, 0.25) is 0 Å². The molecule has 0 N–H and O–H groups in total. The summed E-state index contributed by atoms with van der Waals surface area (Å²) in [6.45, 7) is 4.12. The highest BCUT2D eigenvalue weighted by Gasteiger charge is 2.29. The molecule has 1 amide bonds. The van der Waals surface area contributed by atoms with Crippen molar-refractivity contribution in [2.75, 3.05) is 19.6 Å². The van der Waals surface area contributed by atoms with Gasteiger partial charge in [0.2, 0.25) is 5.91 Å². The molecule has 1 fully saturated rings. The second kappa shape index (κ2) is 6.75. The third-order valence-electron chi connectivity index (χ3n) is 5.08. The van der Waals surface area contributed by atoms with Gasteiger partial charge in [-0.3, -0.25) is 9.69 Å². The molecule has 2 aliphatic rings. The van der Waals surface area contributed by atoms with Crippen LogP contribution in [-0.4, -0.2) is 41.4 Å². The predicted molar refractivity (Wildman–Crippen MR) is 96.1 cm³/mol. The molecule has 0 radical (unpaired) electrons. The Balaban J connectivity index is 1.30. The maximum absolute atomic E-state index is 12.4. The van der Waals surface area contributed by atoms with Gasteiger partial charge >= 0.3 is 0 Å². The lowest BCUT2D eigenvalue weighted by molar-refractivity contribution is -0.132. The molecule has 0 atom stereocenters. The van der Waals surface area contributed by atoms with Gasteiger partial charge in [-0.2, -0.15) is 0 Å². The summed E-state index contributed by atoms with van der Waals surface area (Å²) in [5.41, 5.74) is 1.53. The van der Waals surface area contributed by atoms with Crippen molar-refractivity contribution in [2.45, 2.75) is 38.3 Å². The average molecular weight is 347 g/mol. The molecule has 3 nitrogen and oxygen atoms in total.